The zero-order chi connectivity index (χ0) is 15.8. The molecule has 2 aromatic heterocycles. The molecule has 0 radical (unpaired) electrons. The summed E-state index contributed by atoms with van der Waals surface area (Å²) in [4.78, 5) is 24.5. The summed E-state index contributed by atoms with van der Waals surface area (Å²) in [6, 6.07) is 11.7. The average Bonchev–Trinajstić information content (AvgIpc) is 2.92. The maximum absolute atomic E-state index is 11.2. The minimum Gasteiger partial charge on any atom is -0.300 e. The number of rotatable bonds is 2. The van der Waals surface area contributed by atoms with Gasteiger partial charge in [-0.05, 0) is 30.3 Å². The van der Waals surface area contributed by atoms with E-state index < -0.39 is 0 Å². The van der Waals surface area contributed by atoms with Gasteiger partial charge in [0.15, 0.2) is 6.29 Å². The number of halogens is 1. The van der Waals surface area contributed by atoms with Crippen LogP contribution >= 0.6 is 15.9 Å². The topological polar surface area (TPSA) is 60.1 Å². The second-order valence-corrected chi connectivity index (χ2v) is 6.02. The molecule has 0 saturated carbocycles. The fourth-order valence-corrected chi connectivity index (χ4v) is 3.08. The van der Waals surface area contributed by atoms with Gasteiger partial charge in [0.2, 0.25) is 0 Å². The van der Waals surface area contributed by atoms with Crippen molar-refractivity contribution in [3.8, 4) is 5.69 Å². The highest BCUT2D eigenvalue weighted by atomic mass is 79.9. The van der Waals surface area contributed by atoms with Crippen LogP contribution < -0.4 is 0 Å². The highest BCUT2D eigenvalue weighted by Gasteiger charge is 2.22. The number of fused-ring (bicyclic) bond motifs is 3. The summed E-state index contributed by atoms with van der Waals surface area (Å²) in [5.74, 6) is 0. The zero-order valence-electron chi connectivity index (χ0n) is 12.0. The van der Waals surface area contributed by atoms with Crippen molar-refractivity contribution in [3.63, 3.8) is 0 Å². The molecule has 0 aliphatic carbocycles. The van der Waals surface area contributed by atoms with E-state index >= 15 is 0 Å². The number of aliphatic imine (C=N–C) groups is 1. The average molecular weight is 367 g/mol. The minimum absolute atomic E-state index is 0.381. The van der Waals surface area contributed by atoms with Crippen LogP contribution in [-0.4, -0.2) is 26.5 Å². The standard InChI is InChI=1S/C17H11BrN4O/c18-11-4-5-15-12(7-11)17(13-3-1-2-6-19-13)20-8-16-14(9-23)21-10-22(15)16/h1-7,9-10H,8H2. The van der Waals surface area contributed by atoms with Crippen molar-refractivity contribution >= 4 is 27.9 Å². The summed E-state index contributed by atoms with van der Waals surface area (Å²) < 4.78 is 2.88. The summed E-state index contributed by atoms with van der Waals surface area (Å²) in [6.07, 6.45) is 4.19. The highest BCUT2D eigenvalue weighted by molar-refractivity contribution is 9.10. The van der Waals surface area contributed by atoms with Gasteiger partial charge in [-0.1, -0.05) is 22.0 Å². The molecule has 3 heterocycles. The molecule has 0 N–H and O–H groups in total. The third-order valence-electron chi connectivity index (χ3n) is 3.78. The fraction of sp³-hybridized carbons (Fsp3) is 0.0588. The first-order chi connectivity index (χ1) is 11.3. The number of imidazole rings is 1. The van der Waals surface area contributed by atoms with Gasteiger partial charge in [0.1, 0.15) is 12.0 Å². The van der Waals surface area contributed by atoms with E-state index in [2.05, 4.69) is 25.9 Å². The molecule has 0 saturated heterocycles. The number of carbonyl (C=O) groups excluding carboxylic acids is 1. The Labute approximate surface area is 140 Å². The normalized spacial score (nSPS) is 12.8. The molecule has 1 aromatic carbocycles. The van der Waals surface area contributed by atoms with E-state index in [1.807, 2.05) is 41.0 Å². The second-order valence-electron chi connectivity index (χ2n) is 5.11. The van der Waals surface area contributed by atoms with Gasteiger partial charge in [-0.3, -0.25) is 19.3 Å². The molecule has 0 bridgehead atoms. The highest BCUT2D eigenvalue weighted by Crippen LogP contribution is 2.28. The van der Waals surface area contributed by atoms with Gasteiger partial charge in [-0.15, -0.1) is 0 Å². The lowest BCUT2D eigenvalue weighted by atomic mass is 10.0. The van der Waals surface area contributed by atoms with Crippen LogP contribution in [0.2, 0.25) is 0 Å². The van der Waals surface area contributed by atoms with Gasteiger partial charge < -0.3 is 0 Å². The second kappa shape index (κ2) is 5.55. The molecule has 0 amide bonds. The van der Waals surface area contributed by atoms with E-state index in [0.29, 0.717) is 12.2 Å². The molecular formula is C17H11BrN4O. The first-order valence-electron chi connectivity index (χ1n) is 7.05. The molecule has 3 aromatic rings. The summed E-state index contributed by atoms with van der Waals surface area (Å²) in [7, 11) is 0. The molecule has 0 spiro atoms. The van der Waals surface area contributed by atoms with Gasteiger partial charge in [0, 0.05) is 16.2 Å². The number of aldehydes is 1. The number of nitrogens with zero attached hydrogens (tertiary/aromatic N) is 4. The molecule has 5 nitrogen and oxygen atoms in total. The molecule has 1 aliphatic rings. The predicted molar refractivity (Wildman–Crippen MR) is 90.2 cm³/mol. The Morgan fingerprint density at radius 1 is 1.17 bits per heavy atom. The van der Waals surface area contributed by atoms with Crippen molar-refractivity contribution in [2.75, 3.05) is 0 Å². The lowest BCUT2D eigenvalue weighted by Gasteiger charge is -2.11. The molecule has 0 atom stereocenters. The van der Waals surface area contributed by atoms with Crippen molar-refractivity contribution < 1.29 is 4.79 Å². The van der Waals surface area contributed by atoms with Gasteiger partial charge in [0.25, 0.3) is 0 Å². The van der Waals surface area contributed by atoms with E-state index in [0.717, 1.165) is 39.1 Å². The van der Waals surface area contributed by atoms with E-state index in [1.54, 1.807) is 12.5 Å². The molecule has 23 heavy (non-hydrogen) atoms. The lowest BCUT2D eigenvalue weighted by Crippen LogP contribution is -2.08. The fourth-order valence-electron chi connectivity index (χ4n) is 2.72. The summed E-state index contributed by atoms with van der Waals surface area (Å²) in [5.41, 5.74) is 4.71. The van der Waals surface area contributed by atoms with Gasteiger partial charge in [-0.25, -0.2) is 4.98 Å². The number of hydrogen-bond donors (Lipinski definition) is 0. The SMILES string of the molecule is O=Cc1ncn2c1CN=C(c1ccccn1)c1cc(Br)ccc1-2. The summed E-state index contributed by atoms with van der Waals surface area (Å²) >= 11 is 3.52. The smallest absolute Gasteiger partial charge is 0.170 e. The Bertz CT molecular complexity index is 931. The zero-order valence-corrected chi connectivity index (χ0v) is 13.6. The number of aromatic nitrogens is 3. The molecule has 4 rings (SSSR count). The Morgan fingerprint density at radius 2 is 2.09 bits per heavy atom. The maximum atomic E-state index is 11.2. The van der Waals surface area contributed by atoms with Crippen molar-refractivity contribution in [3.05, 3.63) is 76.0 Å². The first kappa shape index (κ1) is 14.0. The van der Waals surface area contributed by atoms with Crippen molar-refractivity contribution in [2.24, 2.45) is 4.99 Å². The number of pyridine rings is 1. The van der Waals surface area contributed by atoms with Crippen LogP contribution in [0.25, 0.3) is 5.69 Å². The van der Waals surface area contributed by atoms with Crippen LogP contribution in [0.4, 0.5) is 0 Å². The third kappa shape index (κ3) is 2.31. The number of benzene rings is 1. The Morgan fingerprint density at radius 3 is 2.87 bits per heavy atom. The Hall–Kier alpha value is -2.60. The van der Waals surface area contributed by atoms with E-state index in [-0.39, 0.29) is 0 Å². The van der Waals surface area contributed by atoms with Crippen LogP contribution in [-0.2, 0) is 6.54 Å². The van der Waals surface area contributed by atoms with Crippen LogP contribution in [0.3, 0.4) is 0 Å². The number of carbonyl (C=O) groups is 1. The Kier molecular flexibility index (Phi) is 3.38. The third-order valence-corrected chi connectivity index (χ3v) is 4.27. The molecule has 112 valence electrons. The first-order valence-corrected chi connectivity index (χ1v) is 7.85. The van der Waals surface area contributed by atoms with E-state index in [1.165, 1.54) is 0 Å². The van der Waals surface area contributed by atoms with Gasteiger partial charge >= 0.3 is 0 Å². The van der Waals surface area contributed by atoms with Crippen molar-refractivity contribution in [2.45, 2.75) is 6.54 Å². The van der Waals surface area contributed by atoms with Crippen LogP contribution in [0.15, 0.2) is 58.4 Å². The number of hydrogen-bond acceptors (Lipinski definition) is 4. The van der Waals surface area contributed by atoms with E-state index in [4.69, 9.17) is 4.99 Å². The quantitative estimate of drug-likeness (QED) is 0.654. The predicted octanol–water partition coefficient (Wildman–Crippen LogP) is 3.19. The van der Waals surface area contributed by atoms with Gasteiger partial charge in [-0.2, -0.15) is 0 Å². The molecule has 6 heteroatoms. The largest absolute Gasteiger partial charge is 0.300 e. The molecular weight excluding hydrogens is 356 g/mol. The Balaban J connectivity index is 2.00. The van der Waals surface area contributed by atoms with Crippen LogP contribution in [0.5, 0.6) is 0 Å². The molecule has 0 unspecified atom stereocenters. The van der Waals surface area contributed by atoms with Gasteiger partial charge in [0.05, 0.1) is 29.3 Å². The van der Waals surface area contributed by atoms with Crippen LogP contribution in [0, 0.1) is 0 Å². The molecule has 0 fully saturated rings. The van der Waals surface area contributed by atoms with Crippen molar-refractivity contribution in [1.29, 1.82) is 0 Å². The van der Waals surface area contributed by atoms with Crippen LogP contribution in [0.1, 0.15) is 27.4 Å². The monoisotopic (exact) mass is 366 g/mol. The summed E-state index contributed by atoms with van der Waals surface area (Å²) in [5, 5.41) is 0. The summed E-state index contributed by atoms with van der Waals surface area (Å²) in [6.45, 7) is 0.381. The minimum atomic E-state index is 0.381. The van der Waals surface area contributed by atoms with E-state index in [9.17, 15) is 4.79 Å². The van der Waals surface area contributed by atoms with Crippen molar-refractivity contribution in [1.82, 2.24) is 14.5 Å². The lowest BCUT2D eigenvalue weighted by molar-refractivity contribution is 0.111. The maximum Gasteiger partial charge on any atom is 0.170 e. The molecule has 1 aliphatic heterocycles.